The molecular weight excluding hydrogens is 330 g/mol. The van der Waals surface area contributed by atoms with Crippen molar-refractivity contribution in [3.05, 3.63) is 59.4 Å². The van der Waals surface area contributed by atoms with E-state index < -0.39 is 12.5 Å². The molecule has 0 fully saturated rings. The van der Waals surface area contributed by atoms with E-state index in [-0.39, 0.29) is 18.0 Å². The summed E-state index contributed by atoms with van der Waals surface area (Å²) in [5.74, 6) is -0.0935. The minimum atomic E-state index is -2.78. The molecule has 2 aromatic carbocycles. The van der Waals surface area contributed by atoms with Crippen molar-refractivity contribution in [2.24, 2.45) is 0 Å². The van der Waals surface area contributed by atoms with Crippen LogP contribution >= 0.6 is 0 Å². The highest BCUT2D eigenvalue weighted by Gasteiger charge is 2.19. The summed E-state index contributed by atoms with van der Waals surface area (Å²) >= 11 is 0. The number of benzene rings is 2. The first-order chi connectivity index (χ1) is 12.0. The standard InChI is InChI=1S/C18H16F2N2O3/c1-11-7-8-12(9-15(11)24-2)17(23)25-10-16-21-13-5-3-4-6-14(13)22(16)18(19)20/h3-9,18H,10H2,1-2H3. The van der Waals surface area contributed by atoms with Gasteiger partial charge in [-0.05, 0) is 36.8 Å². The van der Waals surface area contributed by atoms with Gasteiger partial charge < -0.3 is 9.47 Å². The van der Waals surface area contributed by atoms with E-state index in [1.807, 2.05) is 6.92 Å². The quantitative estimate of drug-likeness (QED) is 0.653. The van der Waals surface area contributed by atoms with E-state index in [9.17, 15) is 13.6 Å². The summed E-state index contributed by atoms with van der Waals surface area (Å²) in [5.41, 5.74) is 1.87. The van der Waals surface area contributed by atoms with Crippen molar-refractivity contribution < 1.29 is 23.0 Å². The van der Waals surface area contributed by atoms with Crippen LogP contribution in [0.4, 0.5) is 8.78 Å². The largest absolute Gasteiger partial charge is 0.496 e. The number of alkyl halides is 2. The summed E-state index contributed by atoms with van der Waals surface area (Å²) in [6.45, 7) is -1.28. The van der Waals surface area contributed by atoms with Crippen molar-refractivity contribution in [3.63, 3.8) is 0 Å². The first-order valence-corrected chi connectivity index (χ1v) is 7.57. The second-order valence-electron chi connectivity index (χ2n) is 5.42. The highest BCUT2D eigenvalue weighted by molar-refractivity contribution is 5.90. The molecule has 0 N–H and O–H groups in total. The number of rotatable bonds is 5. The van der Waals surface area contributed by atoms with Crippen molar-refractivity contribution in [1.29, 1.82) is 0 Å². The molecule has 0 aliphatic heterocycles. The summed E-state index contributed by atoms with van der Waals surface area (Å²) in [7, 11) is 1.50. The Labute approximate surface area is 142 Å². The molecule has 3 rings (SSSR count). The fourth-order valence-electron chi connectivity index (χ4n) is 2.57. The Bertz CT molecular complexity index is 922. The van der Waals surface area contributed by atoms with E-state index in [0.29, 0.717) is 16.8 Å². The van der Waals surface area contributed by atoms with E-state index in [0.717, 1.165) is 10.1 Å². The summed E-state index contributed by atoms with van der Waals surface area (Å²) in [6.07, 6.45) is 0. The maximum atomic E-state index is 13.3. The molecule has 0 spiro atoms. The lowest BCUT2D eigenvalue weighted by Gasteiger charge is -2.10. The molecule has 25 heavy (non-hydrogen) atoms. The predicted octanol–water partition coefficient (Wildman–Crippen LogP) is 4.11. The molecule has 3 aromatic rings. The maximum absolute atomic E-state index is 13.3. The van der Waals surface area contributed by atoms with Gasteiger partial charge in [-0.1, -0.05) is 18.2 Å². The molecule has 0 saturated heterocycles. The molecular formula is C18H16F2N2O3. The van der Waals surface area contributed by atoms with Crippen LogP contribution in [-0.4, -0.2) is 22.6 Å². The zero-order chi connectivity index (χ0) is 18.0. The predicted molar refractivity (Wildman–Crippen MR) is 87.8 cm³/mol. The molecule has 5 nitrogen and oxygen atoms in total. The molecule has 0 bridgehead atoms. The normalized spacial score (nSPS) is 11.1. The van der Waals surface area contributed by atoms with Crippen molar-refractivity contribution in [2.75, 3.05) is 7.11 Å². The third-order valence-corrected chi connectivity index (χ3v) is 3.84. The number of methoxy groups -OCH3 is 1. The third kappa shape index (κ3) is 3.31. The minimum absolute atomic E-state index is 0.0105. The number of aryl methyl sites for hydroxylation is 1. The van der Waals surface area contributed by atoms with Gasteiger partial charge in [0.25, 0.3) is 0 Å². The van der Waals surface area contributed by atoms with Gasteiger partial charge in [0.2, 0.25) is 0 Å². The maximum Gasteiger partial charge on any atom is 0.338 e. The van der Waals surface area contributed by atoms with E-state index in [1.165, 1.54) is 7.11 Å². The molecule has 1 aromatic heterocycles. The third-order valence-electron chi connectivity index (χ3n) is 3.84. The van der Waals surface area contributed by atoms with Crippen molar-refractivity contribution >= 4 is 17.0 Å². The number of ether oxygens (including phenoxy) is 2. The van der Waals surface area contributed by atoms with Gasteiger partial charge in [-0.15, -0.1) is 0 Å². The van der Waals surface area contributed by atoms with E-state index in [1.54, 1.807) is 42.5 Å². The second-order valence-corrected chi connectivity index (χ2v) is 5.42. The molecule has 130 valence electrons. The number of para-hydroxylation sites is 2. The Balaban J connectivity index is 1.83. The van der Waals surface area contributed by atoms with Gasteiger partial charge in [-0.3, -0.25) is 4.57 Å². The van der Waals surface area contributed by atoms with Crippen LogP contribution in [0.25, 0.3) is 11.0 Å². The summed E-state index contributed by atoms with van der Waals surface area (Å²) < 4.78 is 37.8. The first-order valence-electron chi connectivity index (χ1n) is 7.57. The van der Waals surface area contributed by atoms with Gasteiger partial charge in [-0.2, -0.15) is 8.78 Å². The fraction of sp³-hybridized carbons (Fsp3) is 0.222. The van der Waals surface area contributed by atoms with Gasteiger partial charge >= 0.3 is 12.5 Å². The number of esters is 1. The van der Waals surface area contributed by atoms with Crippen LogP contribution in [0.15, 0.2) is 42.5 Å². The smallest absolute Gasteiger partial charge is 0.338 e. The topological polar surface area (TPSA) is 53.4 Å². The van der Waals surface area contributed by atoms with Gasteiger partial charge in [-0.25, -0.2) is 9.78 Å². The lowest BCUT2D eigenvalue weighted by Crippen LogP contribution is -2.11. The van der Waals surface area contributed by atoms with Crippen molar-refractivity contribution in [3.8, 4) is 5.75 Å². The van der Waals surface area contributed by atoms with Crippen LogP contribution < -0.4 is 4.74 Å². The lowest BCUT2D eigenvalue weighted by atomic mass is 10.1. The number of halogens is 2. The number of fused-ring (bicyclic) bond motifs is 1. The molecule has 0 atom stereocenters. The Kier molecular flexibility index (Phi) is 4.65. The van der Waals surface area contributed by atoms with E-state index in [2.05, 4.69) is 4.98 Å². The first kappa shape index (κ1) is 16.9. The number of imidazole rings is 1. The van der Waals surface area contributed by atoms with Crippen LogP contribution in [0.5, 0.6) is 5.75 Å². The number of nitrogens with zero attached hydrogens (tertiary/aromatic N) is 2. The highest BCUT2D eigenvalue weighted by Crippen LogP contribution is 2.24. The monoisotopic (exact) mass is 346 g/mol. The van der Waals surface area contributed by atoms with Crippen LogP contribution in [0.2, 0.25) is 0 Å². The average Bonchev–Trinajstić information content (AvgIpc) is 2.98. The Hall–Kier alpha value is -2.96. The summed E-state index contributed by atoms with van der Waals surface area (Å²) in [4.78, 5) is 16.3. The molecule has 7 heteroatoms. The molecule has 0 saturated carbocycles. The zero-order valence-electron chi connectivity index (χ0n) is 13.7. The van der Waals surface area contributed by atoms with Gasteiger partial charge in [0.15, 0.2) is 5.82 Å². The van der Waals surface area contributed by atoms with Crippen LogP contribution in [0.3, 0.4) is 0 Å². The molecule has 1 heterocycles. The van der Waals surface area contributed by atoms with Gasteiger partial charge in [0.05, 0.1) is 23.7 Å². The Morgan fingerprint density at radius 3 is 2.72 bits per heavy atom. The molecule has 0 aliphatic rings. The fourth-order valence-corrected chi connectivity index (χ4v) is 2.57. The number of hydrogen-bond donors (Lipinski definition) is 0. The molecule has 0 unspecified atom stereocenters. The van der Waals surface area contributed by atoms with Crippen molar-refractivity contribution in [1.82, 2.24) is 9.55 Å². The van der Waals surface area contributed by atoms with Crippen LogP contribution in [-0.2, 0) is 11.3 Å². The lowest BCUT2D eigenvalue weighted by molar-refractivity contribution is 0.0387. The average molecular weight is 346 g/mol. The summed E-state index contributed by atoms with van der Waals surface area (Å²) in [5, 5.41) is 0. The van der Waals surface area contributed by atoms with Crippen LogP contribution in [0.1, 0.15) is 28.3 Å². The second kappa shape index (κ2) is 6.88. The number of carbonyl (C=O) groups is 1. The van der Waals surface area contributed by atoms with E-state index in [4.69, 9.17) is 9.47 Å². The molecule has 0 amide bonds. The number of hydrogen-bond acceptors (Lipinski definition) is 4. The summed E-state index contributed by atoms with van der Waals surface area (Å²) in [6, 6.07) is 11.4. The van der Waals surface area contributed by atoms with E-state index >= 15 is 0 Å². The number of carbonyl (C=O) groups excluding carboxylic acids is 1. The molecule has 0 aliphatic carbocycles. The molecule has 0 radical (unpaired) electrons. The SMILES string of the molecule is COc1cc(C(=O)OCc2nc3ccccc3n2C(F)F)ccc1C. The Morgan fingerprint density at radius 1 is 1.24 bits per heavy atom. The zero-order valence-corrected chi connectivity index (χ0v) is 13.7. The Morgan fingerprint density at radius 2 is 2.00 bits per heavy atom. The number of aromatic nitrogens is 2. The van der Waals surface area contributed by atoms with Gasteiger partial charge in [0.1, 0.15) is 12.4 Å². The minimum Gasteiger partial charge on any atom is -0.496 e. The van der Waals surface area contributed by atoms with Gasteiger partial charge in [0, 0.05) is 0 Å². The highest BCUT2D eigenvalue weighted by atomic mass is 19.3. The van der Waals surface area contributed by atoms with Crippen molar-refractivity contribution in [2.45, 2.75) is 20.1 Å². The van der Waals surface area contributed by atoms with Crippen LogP contribution in [0, 0.1) is 6.92 Å².